The molecule has 70 valence electrons. The van der Waals surface area contributed by atoms with Crippen molar-refractivity contribution in [3.05, 3.63) is 42.1 Å². The lowest BCUT2D eigenvalue weighted by Crippen LogP contribution is -1.93. The van der Waals surface area contributed by atoms with Crippen LogP contribution in [-0.4, -0.2) is 15.0 Å². The summed E-state index contributed by atoms with van der Waals surface area (Å²) < 4.78 is 0. The summed E-state index contributed by atoms with van der Waals surface area (Å²) in [7, 11) is 0. The van der Waals surface area contributed by atoms with Gasteiger partial charge in [-0.05, 0) is 32.0 Å². The lowest BCUT2D eigenvalue weighted by molar-refractivity contribution is 1.02. The first kappa shape index (κ1) is 8.81. The summed E-state index contributed by atoms with van der Waals surface area (Å²) in [4.78, 5) is 12.6. The molecule has 0 unspecified atom stereocenters. The highest BCUT2D eigenvalue weighted by atomic mass is 14.9. The summed E-state index contributed by atoms with van der Waals surface area (Å²) in [6.45, 7) is 3.87. The minimum absolute atomic E-state index is 0.803. The fourth-order valence-electron chi connectivity index (χ4n) is 1.39. The van der Waals surface area contributed by atoms with Crippen LogP contribution in [0.15, 0.2) is 30.6 Å². The first-order chi connectivity index (χ1) is 6.75. The quantitative estimate of drug-likeness (QED) is 0.683. The Balaban J connectivity index is 2.52. The molecule has 0 saturated carbocycles. The van der Waals surface area contributed by atoms with Crippen LogP contribution in [0.5, 0.6) is 0 Å². The number of hydrogen-bond donors (Lipinski definition) is 0. The maximum absolute atomic E-state index is 4.37. The second-order valence-corrected chi connectivity index (χ2v) is 3.18. The normalized spacial score (nSPS) is 10.1. The molecule has 0 aliphatic heterocycles. The van der Waals surface area contributed by atoms with Crippen molar-refractivity contribution in [1.29, 1.82) is 0 Å². The lowest BCUT2D eigenvalue weighted by atomic mass is 10.2. The SMILES string of the molecule is Cc1cc(-c2ccncc2)nc(C)n1. The number of hydrogen-bond acceptors (Lipinski definition) is 3. The van der Waals surface area contributed by atoms with Crippen molar-refractivity contribution in [3.63, 3.8) is 0 Å². The second-order valence-electron chi connectivity index (χ2n) is 3.18. The number of nitrogens with zero attached hydrogens (tertiary/aromatic N) is 3. The lowest BCUT2D eigenvalue weighted by Gasteiger charge is -2.02. The standard InChI is InChI=1S/C11H11N3/c1-8-7-11(14-9(2)13-8)10-3-5-12-6-4-10/h3-7H,1-2H3. The van der Waals surface area contributed by atoms with Crippen molar-refractivity contribution in [2.45, 2.75) is 13.8 Å². The van der Waals surface area contributed by atoms with Crippen LogP contribution in [0, 0.1) is 13.8 Å². The van der Waals surface area contributed by atoms with Crippen LogP contribution < -0.4 is 0 Å². The van der Waals surface area contributed by atoms with Gasteiger partial charge in [0.1, 0.15) is 5.82 Å². The highest BCUT2D eigenvalue weighted by molar-refractivity contribution is 5.58. The largest absolute Gasteiger partial charge is 0.265 e. The predicted molar refractivity (Wildman–Crippen MR) is 54.7 cm³/mol. The van der Waals surface area contributed by atoms with Crippen LogP contribution >= 0.6 is 0 Å². The Bertz CT molecular complexity index is 417. The van der Waals surface area contributed by atoms with Gasteiger partial charge in [-0.25, -0.2) is 9.97 Å². The molecule has 2 aromatic heterocycles. The molecule has 0 aromatic carbocycles. The fraction of sp³-hybridized carbons (Fsp3) is 0.182. The molecule has 0 bridgehead atoms. The molecule has 0 N–H and O–H groups in total. The first-order valence-corrected chi connectivity index (χ1v) is 4.48. The van der Waals surface area contributed by atoms with Crippen molar-refractivity contribution < 1.29 is 0 Å². The molecule has 0 aliphatic rings. The molecule has 0 saturated heterocycles. The van der Waals surface area contributed by atoms with Gasteiger partial charge in [-0.15, -0.1) is 0 Å². The number of aryl methyl sites for hydroxylation is 2. The van der Waals surface area contributed by atoms with Crippen LogP contribution in [0.4, 0.5) is 0 Å². The summed E-state index contributed by atoms with van der Waals surface area (Å²) in [5, 5.41) is 0. The minimum atomic E-state index is 0.803. The third kappa shape index (κ3) is 1.76. The van der Waals surface area contributed by atoms with Crippen molar-refractivity contribution in [2.75, 3.05) is 0 Å². The second kappa shape index (κ2) is 3.54. The van der Waals surface area contributed by atoms with E-state index in [1.54, 1.807) is 12.4 Å². The molecule has 0 amide bonds. The smallest absolute Gasteiger partial charge is 0.126 e. The van der Waals surface area contributed by atoms with E-state index in [4.69, 9.17) is 0 Å². The van der Waals surface area contributed by atoms with Crippen molar-refractivity contribution >= 4 is 0 Å². The number of aromatic nitrogens is 3. The zero-order valence-electron chi connectivity index (χ0n) is 8.23. The van der Waals surface area contributed by atoms with Crippen molar-refractivity contribution in [1.82, 2.24) is 15.0 Å². The Morgan fingerprint density at radius 1 is 1.00 bits per heavy atom. The van der Waals surface area contributed by atoms with E-state index in [0.717, 1.165) is 22.8 Å². The molecular weight excluding hydrogens is 174 g/mol. The molecule has 0 radical (unpaired) electrons. The Morgan fingerprint density at radius 2 is 1.71 bits per heavy atom. The highest BCUT2D eigenvalue weighted by Gasteiger charge is 2.00. The third-order valence-electron chi connectivity index (χ3n) is 1.94. The molecule has 14 heavy (non-hydrogen) atoms. The van der Waals surface area contributed by atoms with Gasteiger partial charge in [0.05, 0.1) is 5.69 Å². The average molecular weight is 185 g/mol. The van der Waals surface area contributed by atoms with E-state index in [9.17, 15) is 0 Å². The Labute approximate surface area is 82.9 Å². The molecule has 0 aliphatic carbocycles. The van der Waals surface area contributed by atoms with E-state index in [-0.39, 0.29) is 0 Å². The van der Waals surface area contributed by atoms with Gasteiger partial charge in [0.25, 0.3) is 0 Å². The molecule has 3 heteroatoms. The molecule has 0 fully saturated rings. The summed E-state index contributed by atoms with van der Waals surface area (Å²) in [5.41, 5.74) is 3.02. The van der Waals surface area contributed by atoms with E-state index in [1.165, 1.54) is 0 Å². The zero-order valence-corrected chi connectivity index (χ0v) is 8.23. The third-order valence-corrected chi connectivity index (χ3v) is 1.94. The topological polar surface area (TPSA) is 38.7 Å². The Kier molecular flexibility index (Phi) is 2.23. The molecule has 2 aromatic rings. The molecule has 2 rings (SSSR count). The maximum Gasteiger partial charge on any atom is 0.126 e. The summed E-state index contributed by atoms with van der Waals surface area (Å²) in [6, 6.07) is 5.87. The van der Waals surface area contributed by atoms with E-state index < -0.39 is 0 Å². The van der Waals surface area contributed by atoms with Crippen LogP contribution in [-0.2, 0) is 0 Å². The molecule has 0 atom stereocenters. The first-order valence-electron chi connectivity index (χ1n) is 4.48. The van der Waals surface area contributed by atoms with Crippen LogP contribution in [0.1, 0.15) is 11.5 Å². The van der Waals surface area contributed by atoms with Crippen molar-refractivity contribution in [3.8, 4) is 11.3 Å². The van der Waals surface area contributed by atoms with Gasteiger partial charge in [0.15, 0.2) is 0 Å². The van der Waals surface area contributed by atoms with Gasteiger partial charge >= 0.3 is 0 Å². The molecule has 0 spiro atoms. The van der Waals surface area contributed by atoms with Crippen LogP contribution in [0.3, 0.4) is 0 Å². The zero-order chi connectivity index (χ0) is 9.97. The van der Waals surface area contributed by atoms with E-state index in [2.05, 4.69) is 15.0 Å². The highest BCUT2D eigenvalue weighted by Crippen LogP contribution is 2.15. The number of rotatable bonds is 1. The fourth-order valence-corrected chi connectivity index (χ4v) is 1.39. The van der Waals surface area contributed by atoms with Gasteiger partial charge in [0.2, 0.25) is 0 Å². The summed E-state index contributed by atoms with van der Waals surface area (Å²) in [5.74, 6) is 0.803. The van der Waals surface area contributed by atoms with Crippen LogP contribution in [0.25, 0.3) is 11.3 Å². The monoisotopic (exact) mass is 185 g/mol. The van der Waals surface area contributed by atoms with Gasteiger partial charge < -0.3 is 0 Å². The Hall–Kier alpha value is -1.77. The van der Waals surface area contributed by atoms with Crippen molar-refractivity contribution in [2.24, 2.45) is 0 Å². The Morgan fingerprint density at radius 3 is 2.36 bits per heavy atom. The van der Waals surface area contributed by atoms with Gasteiger partial charge in [-0.2, -0.15) is 0 Å². The maximum atomic E-state index is 4.37. The molecular formula is C11H11N3. The van der Waals surface area contributed by atoms with E-state index >= 15 is 0 Å². The molecule has 2 heterocycles. The minimum Gasteiger partial charge on any atom is -0.265 e. The van der Waals surface area contributed by atoms with E-state index in [0.29, 0.717) is 0 Å². The predicted octanol–water partition coefficient (Wildman–Crippen LogP) is 2.16. The van der Waals surface area contributed by atoms with Gasteiger partial charge in [0, 0.05) is 23.7 Å². The van der Waals surface area contributed by atoms with E-state index in [1.807, 2.05) is 32.0 Å². The summed E-state index contributed by atoms with van der Waals surface area (Å²) >= 11 is 0. The van der Waals surface area contributed by atoms with Gasteiger partial charge in [-0.1, -0.05) is 0 Å². The summed E-state index contributed by atoms with van der Waals surface area (Å²) in [6.07, 6.45) is 3.53. The average Bonchev–Trinajstić information content (AvgIpc) is 2.18. The van der Waals surface area contributed by atoms with Crippen LogP contribution in [0.2, 0.25) is 0 Å². The number of pyridine rings is 1. The van der Waals surface area contributed by atoms with Gasteiger partial charge in [-0.3, -0.25) is 4.98 Å². The molecule has 3 nitrogen and oxygen atoms in total.